The molecule has 1 aromatic rings. The van der Waals surface area contributed by atoms with Gasteiger partial charge in [-0.15, -0.1) is 0 Å². The van der Waals surface area contributed by atoms with E-state index in [1.807, 2.05) is 6.92 Å². The summed E-state index contributed by atoms with van der Waals surface area (Å²) in [5, 5.41) is 0. The molecule has 2 heteroatoms. The molecule has 0 radical (unpaired) electrons. The summed E-state index contributed by atoms with van der Waals surface area (Å²) in [7, 11) is 0. The smallest absolute Gasteiger partial charge is 0.0931 e. The number of hydrogen-bond donors (Lipinski definition) is 0. The SMILES string of the molecule is C=C(Cc1ccccc1C1(C)CCOCC1)OCC. The third kappa shape index (κ3) is 3.38. The van der Waals surface area contributed by atoms with Crippen molar-refractivity contribution in [3.05, 3.63) is 47.7 Å². The van der Waals surface area contributed by atoms with E-state index in [1.54, 1.807) is 0 Å². The number of ether oxygens (including phenoxy) is 2. The van der Waals surface area contributed by atoms with E-state index in [9.17, 15) is 0 Å². The molecule has 0 spiro atoms. The number of rotatable bonds is 5. The van der Waals surface area contributed by atoms with Crippen LogP contribution in [0.15, 0.2) is 36.6 Å². The molecule has 0 N–H and O–H groups in total. The molecule has 0 amide bonds. The van der Waals surface area contributed by atoms with Crippen LogP contribution < -0.4 is 0 Å². The molecule has 2 nitrogen and oxygen atoms in total. The molecule has 104 valence electrons. The van der Waals surface area contributed by atoms with Gasteiger partial charge in [0.25, 0.3) is 0 Å². The van der Waals surface area contributed by atoms with Gasteiger partial charge >= 0.3 is 0 Å². The zero-order chi connectivity index (χ0) is 13.7. The van der Waals surface area contributed by atoms with Crippen molar-refractivity contribution in [2.45, 2.75) is 38.5 Å². The Bertz CT molecular complexity index is 431. The second-order valence-electron chi connectivity index (χ2n) is 5.48. The third-order valence-corrected chi connectivity index (χ3v) is 4.00. The summed E-state index contributed by atoms with van der Waals surface area (Å²) in [6.45, 7) is 10.7. The molecule has 2 rings (SSSR count). The molecule has 0 aliphatic carbocycles. The van der Waals surface area contributed by atoms with Crippen LogP contribution in [0.25, 0.3) is 0 Å². The molecular formula is C17H24O2. The second kappa shape index (κ2) is 6.25. The van der Waals surface area contributed by atoms with Crippen molar-refractivity contribution in [1.29, 1.82) is 0 Å². The van der Waals surface area contributed by atoms with Crippen LogP contribution in [0.4, 0.5) is 0 Å². The van der Waals surface area contributed by atoms with E-state index < -0.39 is 0 Å². The van der Waals surface area contributed by atoms with E-state index in [-0.39, 0.29) is 5.41 Å². The fourth-order valence-electron chi connectivity index (χ4n) is 2.82. The van der Waals surface area contributed by atoms with Gasteiger partial charge in [-0.1, -0.05) is 37.8 Å². The van der Waals surface area contributed by atoms with Gasteiger partial charge in [0.15, 0.2) is 0 Å². The maximum atomic E-state index is 5.50. The molecule has 0 aromatic heterocycles. The van der Waals surface area contributed by atoms with Gasteiger partial charge in [-0.25, -0.2) is 0 Å². The van der Waals surface area contributed by atoms with Crippen molar-refractivity contribution in [2.24, 2.45) is 0 Å². The van der Waals surface area contributed by atoms with E-state index in [0.29, 0.717) is 6.61 Å². The zero-order valence-corrected chi connectivity index (χ0v) is 12.1. The van der Waals surface area contributed by atoms with Crippen molar-refractivity contribution in [3.8, 4) is 0 Å². The van der Waals surface area contributed by atoms with Gasteiger partial charge in [-0.2, -0.15) is 0 Å². The molecular weight excluding hydrogens is 236 g/mol. The summed E-state index contributed by atoms with van der Waals surface area (Å²) in [5.74, 6) is 0.852. The van der Waals surface area contributed by atoms with E-state index in [0.717, 1.165) is 38.2 Å². The first kappa shape index (κ1) is 14.1. The Morgan fingerprint density at radius 1 is 1.32 bits per heavy atom. The quantitative estimate of drug-likeness (QED) is 0.749. The molecule has 1 heterocycles. The average Bonchev–Trinajstić information content (AvgIpc) is 2.40. The van der Waals surface area contributed by atoms with Crippen molar-refractivity contribution in [3.63, 3.8) is 0 Å². The van der Waals surface area contributed by atoms with Crippen molar-refractivity contribution in [1.82, 2.24) is 0 Å². The summed E-state index contributed by atoms with van der Waals surface area (Å²) < 4.78 is 11.0. The van der Waals surface area contributed by atoms with Crippen molar-refractivity contribution < 1.29 is 9.47 Å². The molecule has 0 bridgehead atoms. The molecule has 1 saturated heterocycles. The van der Waals surface area contributed by atoms with E-state index in [2.05, 4.69) is 37.8 Å². The Labute approximate surface area is 116 Å². The van der Waals surface area contributed by atoms with Crippen LogP contribution in [0.2, 0.25) is 0 Å². The lowest BCUT2D eigenvalue weighted by Crippen LogP contribution is -2.31. The van der Waals surface area contributed by atoms with Crippen LogP contribution in [-0.4, -0.2) is 19.8 Å². The van der Waals surface area contributed by atoms with E-state index >= 15 is 0 Å². The summed E-state index contributed by atoms with van der Waals surface area (Å²) in [5.41, 5.74) is 2.99. The maximum Gasteiger partial charge on any atom is 0.0931 e. The Balaban J connectivity index is 2.22. The lowest BCUT2D eigenvalue weighted by atomic mass is 9.74. The number of hydrogen-bond acceptors (Lipinski definition) is 2. The van der Waals surface area contributed by atoms with Gasteiger partial charge in [0.05, 0.1) is 12.4 Å². The first-order valence-corrected chi connectivity index (χ1v) is 7.12. The lowest BCUT2D eigenvalue weighted by molar-refractivity contribution is 0.0561. The van der Waals surface area contributed by atoms with Crippen LogP contribution >= 0.6 is 0 Å². The van der Waals surface area contributed by atoms with E-state index in [1.165, 1.54) is 11.1 Å². The molecule has 1 aliphatic heterocycles. The van der Waals surface area contributed by atoms with Crippen LogP contribution in [0.3, 0.4) is 0 Å². The normalized spacial score (nSPS) is 18.0. The second-order valence-corrected chi connectivity index (χ2v) is 5.48. The van der Waals surface area contributed by atoms with Gasteiger partial charge in [0.1, 0.15) is 0 Å². The number of allylic oxidation sites excluding steroid dienone is 1. The fraction of sp³-hybridized carbons (Fsp3) is 0.529. The summed E-state index contributed by atoms with van der Waals surface area (Å²) in [6.07, 6.45) is 2.98. The summed E-state index contributed by atoms with van der Waals surface area (Å²) in [6, 6.07) is 8.67. The first-order chi connectivity index (χ1) is 9.15. The van der Waals surface area contributed by atoms with E-state index in [4.69, 9.17) is 9.47 Å². The van der Waals surface area contributed by atoms with Crippen LogP contribution in [-0.2, 0) is 21.3 Å². The van der Waals surface area contributed by atoms with Crippen LogP contribution in [0.5, 0.6) is 0 Å². The average molecular weight is 260 g/mol. The predicted molar refractivity (Wildman–Crippen MR) is 78.3 cm³/mol. The fourth-order valence-corrected chi connectivity index (χ4v) is 2.82. The van der Waals surface area contributed by atoms with Crippen LogP contribution in [0.1, 0.15) is 37.8 Å². The van der Waals surface area contributed by atoms with Gasteiger partial charge in [0.2, 0.25) is 0 Å². The molecule has 0 atom stereocenters. The Kier molecular flexibility index (Phi) is 4.65. The van der Waals surface area contributed by atoms with Gasteiger partial charge in [-0.05, 0) is 36.3 Å². The lowest BCUT2D eigenvalue weighted by Gasteiger charge is -2.35. The highest BCUT2D eigenvalue weighted by Crippen LogP contribution is 2.36. The van der Waals surface area contributed by atoms with Crippen LogP contribution in [0, 0.1) is 0 Å². The highest BCUT2D eigenvalue weighted by atomic mass is 16.5. The van der Waals surface area contributed by atoms with Gasteiger partial charge < -0.3 is 9.47 Å². The molecule has 1 fully saturated rings. The van der Waals surface area contributed by atoms with Crippen molar-refractivity contribution >= 4 is 0 Å². The summed E-state index contributed by atoms with van der Waals surface area (Å²) >= 11 is 0. The highest BCUT2D eigenvalue weighted by molar-refractivity contribution is 5.36. The van der Waals surface area contributed by atoms with Crippen molar-refractivity contribution in [2.75, 3.05) is 19.8 Å². The molecule has 0 saturated carbocycles. The molecule has 1 aromatic carbocycles. The summed E-state index contributed by atoms with van der Waals surface area (Å²) in [4.78, 5) is 0. The standard InChI is InChI=1S/C17H24O2/c1-4-19-14(2)13-15-7-5-6-8-16(15)17(3)9-11-18-12-10-17/h5-8H,2,4,9-13H2,1,3H3. The maximum absolute atomic E-state index is 5.50. The number of benzene rings is 1. The molecule has 0 unspecified atom stereocenters. The topological polar surface area (TPSA) is 18.5 Å². The highest BCUT2D eigenvalue weighted by Gasteiger charge is 2.31. The largest absolute Gasteiger partial charge is 0.498 e. The zero-order valence-electron chi connectivity index (χ0n) is 12.1. The Morgan fingerprint density at radius 3 is 2.68 bits per heavy atom. The molecule has 1 aliphatic rings. The molecule has 19 heavy (non-hydrogen) atoms. The minimum atomic E-state index is 0.224. The minimum absolute atomic E-state index is 0.224. The van der Waals surface area contributed by atoms with Gasteiger partial charge in [-0.3, -0.25) is 0 Å². The van der Waals surface area contributed by atoms with Gasteiger partial charge in [0, 0.05) is 19.6 Å². The minimum Gasteiger partial charge on any atom is -0.498 e. The monoisotopic (exact) mass is 260 g/mol. The predicted octanol–water partition coefficient (Wildman–Crippen LogP) is 3.85. The first-order valence-electron chi connectivity index (χ1n) is 7.12. The Morgan fingerprint density at radius 2 is 2.00 bits per heavy atom. The Hall–Kier alpha value is -1.28. The third-order valence-electron chi connectivity index (χ3n) is 4.00.